The molecule has 21 heavy (non-hydrogen) atoms. The summed E-state index contributed by atoms with van der Waals surface area (Å²) in [6.07, 6.45) is 1.49. The summed E-state index contributed by atoms with van der Waals surface area (Å²) in [7, 11) is 0. The van der Waals surface area contributed by atoms with Crippen LogP contribution in [0.5, 0.6) is 0 Å². The fraction of sp³-hybridized carbons (Fsp3) is 0.353. The largest absolute Gasteiger partial charge is 0.368 e. The predicted octanol–water partition coefficient (Wildman–Crippen LogP) is 3.03. The Morgan fingerprint density at radius 2 is 1.81 bits per heavy atom. The summed E-state index contributed by atoms with van der Waals surface area (Å²) in [5.41, 5.74) is 2.53. The molecular weight excluding hydrogens is 280 g/mol. The zero-order valence-electron chi connectivity index (χ0n) is 12.1. The van der Waals surface area contributed by atoms with Crippen molar-refractivity contribution in [3.05, 3.63) is 52.7 Å². The van der Waals surface area contributed by atoms with Crippen LogP contribution >= 0.6 is 11.3 Å². The third-order valence-electron chi connectivity index (χ3n) is 3.96. The van der Waals surface area contributed by atoms with Gasteiger partial charge in [0.1, 0.15) is 0 Å². The number of aryl methyl sites for hydroxylation is 1. The normalized spacial score (nSPS) is 15.2. The van der Waals surface area contributed by atoms with E-state index >= 15 is 0 Å². The Morgan fingerprint density at radius 3 is 2.48 bits per heavy atom. The number of thiophene rings is 1. The van der Waals surface area contributed by atoms with Gasteiger partial charge in [-0.15, -0.1) is 0 Å². The molecule has 1 aliphatic heterocycles. The second-order valence-corrected chi connectivity index (χ2v) is 6.12. The van der Waals surface area contributed by atoms with Crippen molar-refractivity contribution in [2.45, 2.75) is 12.8 Å². The minimum Gasteiger partial charge on any atom is -0.368 e. The van der Waals surface area contributed by atoms with Gasteiger partial charge >= 0.3 is 0 Å². The fourth-order valence-corrected chi connectivity index (χ4v) is 3.40. The molecule has 1 amide bonds. The number of benzene rings is 1. The fourth-order valence-electron chi connectivity index (χ4n) is 2.70. The van der Waals surface area contributed by atoms with Crippen LogP contribution in [-0.4, -0.2) is 37.0 Å². The molecule has 0 bridgehead atoms. The number of piperazine rings is 1. The third kappa shape index (κ3) is 3.64. The van der Waals surface area contributed by atoms with E-state index in [0.29, 0.717) is 6.42 Å². The molecule has 0 radical (unpaired) electrons. The van der Waals surface area contributed by atoms with Gasteiger partial charge < -0.3 is 9.80 Å². The van der Waals surface area contributed by atoms with Gasteiger partial charge in [0, 0.05) is 38.3 Å². The molecule has 0 saturated carbocycles. The number of amides is 1. The van der Waals surface area contributed by atoms with E-state index in [1.807, 2.05) is 11.0 Å². The lowest BCUT2D eigenvalue weighted by molar-refractivity contribution is -0.131. The molecule has 3 rings (SSSR count). The lowest BCUT2D eigenvalue weighted by Crippen LogP contribution is -2.48. The standard InChI is InChI=1S/C17H20N2OS/c20-17(7-6-15-8-13-21-14-15)19-11-9-18(10-12-19)16-4-2-1-3-5-16/h1-5,8,13-14H,6-7,9-12H2. The second-order valence-electron chi connectivity index (χ2n) is 5.33. The molecule has 1 aliphatic rings. The van der Waals surface area contributed by atoms with Crippen molar-refractivity contribution in [1.29, 1.82) is 0 Å². The van der Waals surface area contributed by atoms with E-state index in [4.69, 9.17) is 0 Å². The first-order chi connectivity index (χ1) is 10.3. The molecule has 1 saturated heterocycles. The highest BCUT2D eigenvalue weighted by atomic mass is 32.1. The molecule has 1 aromatic heterocycles. The van der Waals surface area contributed by atoms with Crippen molar-refractivity contribution in [2.75, 3.05) is 31.1 Å². The quantitative estimate of drug-likeness (QED) is 0.866. The van der Waals surface area contributed by atoms with E-state index < -0.39 is 0 Å². The molecule has 0 unspecified atom stereocenters. The van der Waals surface area contributed by atoms with Crippen molar-refractivity contribution < 1.29 is 4.79 Å². The zero-order valence-corrected chi connectivity index (χ0v) is 12.9. The molecule has 110 valence electrons. The van der Waals surface area contributed by atoms with E-state index in [9.17, 15) is 4.79 Å². The van der Waals surface area contributed by atoms with Gasteiger partial charge in [0.25, 0.3) is 0 Å². The lowest BCUT2D eigenvalue weighted by Gasteiger charge is -2.36. The highest BCUT2D eigenvalue weighted by molar-refractivity contribution is 7.07. The molecule has 2 aromatic rings. The van der Waals surface area contributed by atoms with Gasteiger partial charge in [0.15, 0.2) is 0 Å². The lowest BCUT2D eigenvalue weighted by atomic mass is 10.1. The second kappa shape index (κ2) is 6.76. The van der Waals surface area contributed by atoms with Crippen molar-refractivity contribution >= 4 is 22.9 Å². The van der Waals surface area contributed by atoms with Gasteiger partial charge in [-0.05, 0) is 40.9 Å². The van der Waals surface area contributed by atoms with Gasteiger partial charge in [-0.25, -0.2) is 0 Å². The van der Waals surface area contributed by atoms with E-state index in [1.165, 1.54) is 11.3 Å². The van der Waals surface area contributed by atoms with E-state index in [0.717, 1.165) is 32.6 Å². The summed E-state index contributed by atoms with van der Waals surface area (Å²) >= 11 is 1.69. The van der Waals surface area contributed by atoms with Crippen LogP contribution in [0.1, 0.15) is 12.0 Å². The molecule has 1 aromatic carbocycles. The highest BCUT2D eigenvalue weighted by Crippen LogP contribution is 2.16. The highest BCUT2D eigenvalue weighted by Gasteiger charge is 2.20. The van der Waals surface area contributed by atoms with Crippen LogP contribution in [0.25, 0.3) is 0 Å². The Labute approximate surface area is 129 Å². The van der Waals surface area contributed by atoms with Crippen molar-refractivity contribution in [2.24, 2.45) is 0 Å². The summed E-state index contributed by atoms with van der Waals surface area (Å²) in [5, 5.41) is 4.19. The minimum atomic E-state index is 0.286. The van der Waals surface area contributed by atoms with Gasteiger partial charge in [0.05, 0.1) is 0 Å². The van der Waals surface area contributed by atoms with Crippen molar-refractivity contribution in [3.8, 4) is 0 Å². The average molecular weight is 300 g/mol. The Hall–Kier alpha value is -1.81. The Balaban J connectivity index is 1.48. The van der Waals surface area contributed by atoms with E-state index in [-0.39, 0.29) is 5.91 Å². The molecule has 0 atom stereocenters. The number of rotatable bonds is 4. The molecule has 0 aliphatic carbocycles. The molecule has 2 heterocycles. The number of carbonyl (C=O) groups is 1. The SMILES string of the molecule is O=C(CCc1ccsc1)N1CCN(c2ccccc2)CC1. The topological polar surface area (TPSA) is 23.6 Å². The molecular formula is C17H20N2OS. The molecule has 4 heteroatoms. The van der Waals surface area contributed by atoms with Crippen LogP contribution in [0.3, 0.4) is 0 Å². The van der Waals surface area contributed by atoms with Gasteiger partial charge in [-0.2, -0.15) is 11.3 Å². The third-order valence-corrected chi connectivity index (χ3v) is 4.69. The van der Waals surface area contributed by atoms with Crippen molar-refractivity contribution in [1.82, 2.24) is 4.90 Å². The van der Waals surface area contributed by atoms with Crippen LogP contribution < -0.4 is 4.90 Å². The van der Waals surface area contributed by atoms with Crippen LogP contribution in [0.4, 0.5) is 5.69 Å². The summed E-state index contributed by atoms with van der Waals surface area (Å²) < 4.78 is 0. The number of carbonyl (C=O) groups excluding carboxylic acids is 1. The van der Waals surface area contributed by atoms with Gasteiger partial charge in [-0.1, -0.05) is 18.2 Å². The Kier molecular flexibility index (Phi) is 4.55. The van der Waals surface area contributed by atoms with Gasteiger partial charge in [0.2, 0.25) is 5.91 Å². The minimum absolute atomic E-state index is 0.286. The number of para-hydroxylation sites is 1. The smallest absolute Gasteiger partial charge is 0.223 e. The summed E-state index contributed by atoms with van der Waals surface area (Å²) in [5.74, 6) is 0.286. The summed E-state index contributed by atoms with van der Waals surface area (Å²) in [6, 6.07) is 12.5. The maximum atomic E-state index is 12.2. The van der Waals surface area contributed by atoms with E-state index in [2.05, 4.69) is 46.0 Å². The molecule has 0 spiro atoms. The molecule has 0 N–H and O–H groups in total. The summed E-state index contributed by atoms with van der Waals surface area (Å²) in [4.78, 5) is 16.6. The molecule has 1 fully saturated rings. The molecule has 3 nitrogen and oxygen atoms in total. The van der Waals surface area contributed by atoms with Crippen molar-refractivity contribution in [3.63, 3.8) is 0 Å². The van der Waals surface area contributed by atoms with Crippen LogP contribution in [0, 0.1) is 0 Å². The first kappa shape index (κ1) is 14.1. The first-order valence-corrected chi connectivity index (χ1v) is 8.36. The zero-order chi connectivity index (χ0) is 14.5. The average Bonchev–Trinajstić information content (AvgIpc) is 3.07. The Bertz CT molecular complexity index is 560. The monoisotopic (exact) mass is 300 g/mol. The number of hydrogen-bond acceptors (Lipinski definition) is 3. The first-order valence-electron chi connectivity index (χ1n) is 7.42. The summed E-state index contributed by atoms with van der Waals surface area (Å²) in [6.45, 7) is 3.51. The number of nitrogens with zero attached hydrogens (tertiary/aromatic N) is 2. The number of anilines is 1. The van der Waals surface area contributed by atoms with E-state index in [1.54, 1.807) is 11.3 Å². The van der Waals surface area contributed by atoms with Crippen LogP contribution in [0.2, 0.25) is 0 Å². The van der Waals surface area contributed by atoms with Crippen LogP contribution in [-0.2, 0) is 11.2 Å². The predicted molar refractivity (Wildman–Crippen MR) is 87.9 cm³/mol. The number of hydrogen-bond donors (Lipinski definition) is 0. The van der Waals surface area contributed by atoms with Gasteiger partial charge in [-0.3, -0.25) is 4.79 Å². The maximum absolute atomic E-state index is 12.2. The maximum Gasteiger partial charge on any atom is 0.223 e. The van der Waals surface area contributed by atoms with Crippen LogP contribution in [0.15, 0.2) is 47.2 Å². The Morgan fingerprint density at radius 1 is 1.05 bits per heavy atom.